The average Bonchev–Trinajstić information content (AvgIpc) is 3.02. The first-order valence-corrected chi connectivity index (χ1v) is 7.50. The summed E-state index contributed by atoms with van der Waals surface area (Å²) in [5, 5.41) is 0. The molecule has 0 bridgehead atoms. The van der Waals surface area contributed by atoms with E-state index in [0.717, 1.165) is 11.8 Å². The molecule has 1 aromatic rings. The van der Waals surface area contributed by atoms with Crippen LogP contribution in [0.25, 0.3) is 0 Å². The van der Waals surface area contributed by atoms with E-state index in [4.69, 9.17) is 4.74 Å². The molecule has 0 saturated carbocycles. The van der Waals surface area contributed by atoms with Crippen LogP contribution in [0.1, 0.15) is 25.7 Å². The molecule has 0 N–H and O–H groups in total. The van der Waals surface area contributed by atoms with E-state index in [0.29, 0.717) is 0 Å². The molecule has 0 amide bonds. The van der Waals surface area contributed by atoms with Crippen LogP contribution in [-0.4, -0.2) is 44.2 Å². The molecule has 3 nitrogen and oxygen atoms in total. The van der Waals surface area contributed by atoms with Crippen LogP contribution in [0.15, 0.2) is 24.3 Å². The molecule has 104 valence electrons. The number of ether oxygens (including phenoxy) is 1. The Hall–Kier alpha value is -1.22. The minimum atomic E-state index is 0.831. The van der Waals surface area contributed by atoms with Gasteiger partial charge in [-0.3, -0.25) is 0 Å². The summed E-state index contributed by atoms with van der Waals surface area (Å²) in [5.41, 5.74) is 1.33. The number of benzene rings is 1. The summed E-state index contributed by atoms with van der Waals surface area (Å²) in [6.45, 7) is 5.03. The number of piperidine rings is 1. The normalized spacial score (nSPS) is 21.8. The maximum absolute atomic E-state index is 5.22. The van der Waals surface area contributed by atoms with E-state index >= 15 is 0 Å². The lowest BCUT2D eigenvalue weighted by atomic mass is 10.0. The van der Waals surface area contributed by atoms with Crippen molar-refractivity contribution in [1.29, 1.82) is 0 Å². The summed E-state index contributed by atoms with van der Waals surface area (Å²) in [6.07, 6.45) is 5.43. The molecule has 0 aliphatic carbocycles. The van der Waals surface area contributed by atoms with E-state index in [-0.39, 0.29) is 0 Å². The topological polar surface area (TPSA) is 15.7 Å². The van der Waals surface area contributed by atoms with Crippen molar-refractivity contribution in [3.05, 3.63) is 24.3 Å². The Morgan fingerprint density at radius 3 is 2.16 bits per heavy atom. The van der Waals surface area contributed by atoms with Gasteiger partial charge < -0.3 is 14.5 Å². The van der Waals surface area contributed by atoms with E-state index in [1.54, 1.807) is 7.11 Å². The predicted molar refractivity (Wildman–Crippen MR) is 79.0 cm³/mol. The summed E-state index contributed by atoms with van der Waals surface area (Å²) in [6, 6.07) is 9.30. The monoisotopic (exact) mass is 260 g/mol. The lowest BCUT2D eigenvalue weighted by molar-refractivity contribution is 0.208. The quantitative estimate of drug-likeness (QED) is 0.831. The molecule has 0 unspecified atom stereocenters. The first-order valence-electron chi connectivity index (χ1n) is 7.50. The van der Waals surface area contributed by atoms with Crippen molar-refractivity contribution < 1.29 is 4.74 Å². The van der Waals surface area contributed by atoms with Gasteiger partial charge in [0.05, 0.1) is 7.11 Å². The van der Waals surface area contributed by atoms with Gasteiger partial charge in [0.2, 0.25) is 0 Å². The summed E-state index contributed by atoms with van der Waals surface area (Å²) in [5.74, 6) is 0.940. The highest BCUT2D eigenvalue weighted by Gasteiger charge is 2.26. The standard InChI is InChI=1S/C16H24N2O/c1-19-16-6-4-14(5-7-16)18-12-8-15(9-13-18)17-10-2-3-11-17/h4-7,15H,2-3,8-13H2,1H3. The lowest BCUT2D eigenvalue weighted by Crippen LogP contribution is -2.43. The van der Waals surface area contributed by atoms with Gasteiger partial charge in [-0.25, -0.2) is 0 Å². The molecular formula is C16H24N2O. The fourth-order valence-corrected chi connectivity index (χ4v) is 3.39. The SMILES string of the molecule is COc1ccc(N2CCC(N3CCCC3)CC2)cc1. The van der Waals surface area contributed by atoms with E-state index in [2.05, 4.69) is 34.1 Å². The third-order valence-electron chi connectivity index (χ3n) is 4.56. The first kappa shape index (κ1) is 12.8. The first-order chi connectivity index (χ1) is 9.36. The van der Waals surface area contributed by atoms with Crippen LogP contribution in [-0.2, 0) is 0 Å². The van der Waals surface area contributed by atoms with E-state index < -0.39 is 0 Å². The Bertz CT molecular complexity index is 390. The van der Waals surface area contributed by atoms with Gasteiger partial charge in [-0.05, 0) is 63.0 Å². The average molecular weight is 260 g/mol. The van der Waals surface area contributed by atoms with Gasteiger partial charge >= 0.3 is 0 Å². The molecule has 1 aromatic carbocycles. The zero-order valence-electron chi connectivity index (χ0n) is 11.8. The number of hydrogen-bond donors (Lipinski definition) is 0. The maximum atomic E-state index is 5.22. The largest absolute Gasteiger partial charge is 0.497 e. The van der Waals surface area contributed by atoms with Crippen molar-refractivity contribution >= 4 is 5.69 Å². The fraction of sp³-hybridized carbons (Fsp3) is 0.625. The molecule has 2 heterocycles. The van der Waals surface area contributed by atoms with Gasteiger partial charge in [0.25, 0.3) is 0 Å². The van der Waals surface area contributed by atoms with Gasteiger partial charge in [-0.2, -0.15) is 0 Å². The van der Waals surface area contributed by atoms with Crippen molar-refractivity contribution in [2.24, 2.45) is 0 Å². The van der Waals surface area contributed by atoms with Crippen LogP contribution < -0.4 is 9.64 Å². The van der Waals surface area contributed by atoms with Crippen molar-refractivity contribution in [1.82, 2.24) is 4.90 Å². The van der Waals surface area contributed by atoms with Crippen molar-refractivity contribution in [3.63, 3.8) is 0 Å². The zero-order valence-corrected chi connectivity index (χ0v) is 11.8. The lowest BCUT2D eigenvalue weighted by Gasteiger charge is -2.37. The van der Waals surface area contributed by atoms with Crippen LogP contribution in [0.5, 0.6) is 5.75 Å². The van der Waals surface area contributed by atoms with Gasteiger partial charge in [0.1, 0.15) is 5.75 Å². The van der Waals surface area contributed by atoms with Crippen LogP contribution >= 0.6 is 0 Å². The summed E-state index contributed by atoms with van der Waals surface area (Å²) >= 11 is 0. The van der Waals surface area contributed by atoms with E-state index in [1.807, 2.05) is 0 Å². The number of hydrogen-bond acceptors (Lipinski definition) is 3. The molecule has 2 saturated heterocycles. The highest BCUT2D eigenvalue weighted by atomic mass is 16.5. The number of methoxy groups -OCH3 is 1. The number of nitrogens with zero attached hydrogens (tertiary/aromatic N) is 2. The second kappa shape index (κ2) is 5.83. The van der Waals surface area contributed by atoms with Crippen LogP contribution in [0.2, 0.25) is 0 Å². The molecule has 0 spiro atoms. The summed E-state index contributed by atoms with van der Waals surface area (Å²) in [4.78, 5) is 5.21. The third kappa shape index (κ3) is 2.86. The molecule has 0 aromatic heterocycles. The van der Waals surface area contributed by atoms with Crippen molar-refractivity contribution in [3.8, 4) is 5.75 Å². The van der Waals surface area contributed by atoms with Crippen molar-refractivity contribution in [2.45, 2.75) is 31.7 Å². The van der Waals surface area contributed by atoms with E-state index in [9.17, 15) is 0 Å². The highest BCUT2D eigenvalue weighted by Crippen LogP contribution is 2.26. The smallest absolute Gasteiger partial charge is 0.119 e. The number of likely N-dealkylation sites (tertiary alicyclic amines) is 1. The molecule has 0 radical (unpaired) electrons. The van der Waals surface area contributed by atoms with Gasteiger partial charge in [-0.15, -0.1) is 0 Å². The molecule has 2 fully saturated rings. The van der Waals surface area contributed by atoms with Crippen LogP contribution in [0.3, 0.4) is 0 Å². The van der Waals surface area contributed by atoms with E-state index in [1.165, 1.54) is 57.5 Å². The number of rotatable bonds is 3. The van der Waals surface area contributed by atoms with Crippen LogP contribution in [0.4, 0.5) is 5.69 Å². The zero-order chi connectivity index (χ0) is 13.1. The number of anilines is 1. The molecule has 2 aliphatic heterocycles. The molecular weight excluding hydrogens is 236 g/mol. The Labute approximate surface area is 116 Å². The molecule has 19 heavy (non-hydrogen) atoms. The Morgan fingerprint density at radius 2 is 1.58 bits per heavy atom. The molecule has 2 aliphatic rings. The Balaban J connectivity index is 1.56. The summed E-state index contributed by atoms with van der Waals surface area (Å²) < 4.78 is 5.22. The Morgan fingerprint density at radius 1 is 0.947 bits per heavy atom. The van der Waals surface area contributed by atoms with Crippen molar-refractivity contribution in [2.75, 3.05) is 38.2 Å². The third-order valence-corrected chi connectivity index (χ3v) is 4.56. The van der Waals surface area contributed by atoms with Gasteiger partial charge in [0, 0.05) is 24.8 Å². The van der Waals surface area contributed by atoms with Gasteiger partial charge in [-0.1, -0.05) is 0 Å². The predicted octanol–water partition coefficient (Wildman–Crippen LogP) is 2.76. The molecule has 3 heteroatoms. The Kier molecular flexibility index (Phi) is 3.92. The summed E-state index contributed by atoms with van der Waals surface area (Å²) in [7, 11) is 1.72. The minimum Gasteiger partial charge on any atom is -0.497 e. The molecule has 0 atom stereocenters. The second-order valence-electron chi connectivity index (χ2n) is 5.66. The maximum Gasteiger partial charge on any atom is 0.119 e. The minimum absolute atomic E-state index is 0.831. The van der Waals surface area contributed by atoms with Gasteiger partial charge in [0.15, 0.2) is 0 Å². The highest BCUT2D eigenvalue weighted by molar-refractivity contribution is 5.49. The van der Waals surface area contributed by atoms with Crippen LogP contribution in [0, 0.1) is 0 Å². The molecule has 3 rings (SSSR count). The second-order valence-corrected chi connectivity index (χ2v) is 5.66. The fourth-order valence-electron chi connectivity index (χ4n) is 3.39.